The van der Waals surface area contributed by atoms with Gasteiger partial charge < -0.3 is 19.6 Å². The minimum Gasteiger partial charge on any atom is -0.481 e. The van der Waals surface area contributed by atoms with Crippen molar-refractivity contribution < 1.29 is 13.9 Å². The molecule has 0 fully saturated rings. The van der Waals surface area contributed by atoms with E-state index in [1.807, 2.05) is 6.07 Å². The van der Waals surface area contributed by atoms with E-state index >= 15 is 0 Å². The standard InChI is InChI=1S/C11H12N2O3/c1-14-10-5-4-9(12)11(13-10)16-7-8-3-2-6-15-8/h2-6H,7,12H2,1H3. The first kappa shape index (κ1) is 10.4. The van der Waals surface area contributed by atoms with Crippen molar-refractivity contribution in [1.82, 2.24) is 4.98 Å². The molecule has 84 valence electrons. The molecular weight excluding hydrogens is 208 g/mol. The van der Waals surface area contributed by atoms with Gasteiger partial charge in [0.05, 0.1) is 19.1 Å². The van der Waals surface area contributed by atoms with E-state index in [1.54, 1.807) is 24.5 Å². The van der Waals surface area contributed by atoms with Gasteiger partial charge in [-0.3, -0.25) is 0 Å². The van der Waals surface area contributed by atoms with Crippen molar-refractivity contribution in [2.45, 2.75) is 6.61 Å². The molecule has 0 spiro atoms. The van der Waals surface area contributed by atoms with Crippen LogP contribution in [0.25, 0.3) is 0 Å². The normalized spacial score (nSPS) is 10.1. The molecule has 5 heteroatoms. The van der Waals surface area contributed by atoms with Crippen LogP contribution in [-0.4, -0.2) is 12.1 Å². The minimum absolute atomic E-state index is 0.289. The van der Waals surface area contributed by atoms with Crippen LogP contribution in [0.2, 0.25) is 0 Å². The van der Waals surface area contributed by atoms with Gasteiger partial charge in [0.2, 0.25) is 11.8 Å². The Morgan fingerprint density at radius 3 is 2.94 bits per heavy atom. The van der Waals surface area contributed by atoms with Crippen LogP contribution in [0.4, 0.5) is 5.69 Å². The topological polar surface area (TPSA) is 70.5 Å². The third-order valence-corrected chi connectivity index (χ3v) is 2.00. The van der Waals surface area contributed by atoms with Crippen molar-refractivity contribution in [2.75, 3.05) is 12.8 Å². The van der Waals surface area contributed by atoms with Gasteiger partial charge in [0.1, 0.15) is 12.4 Å². The van der Waals surface area contributed by atoms with Gasteiger partial charge >= 0.3 is 0 Å². The Morgan fingerprint density at radius 2 is 2.25 bits per heavy atom. The van der Waals surface area contributed by atoms with Crippen LogP contribution in [0.5, 0.6) is 11.8 Å². The van der Waals surface area contributed by atoms with Crippen LogP contribution in [-0.2, 0) is 6.61 Å². The number of methoxy groups -OCH3 is 1. The first-order valence-electron chi connectivity index (χ1n) is 4.75. The molecule has 0 aliphatic heterocycles. The number of pyridine rings is 1. The highest BCUT2D eigenvalue weighted by atomic mass is 16.5. The molecule has 0 saturated heterocycles. The molecule has 0 aromatic carbocycles. The highest BCUT2D eigenvalue weighted by Crippen LogP contribution is 2.22. The molecular formula is C11H12N2O3. The second-order valence-electron chi connectivity index (χ2n) is 3.12. The molecule has 0 bridgehead atoms. The Labute approximate surface area is 92.8 Å². The fraction of sp³-hybridized carbons (Fsp3) is 0.182. The van der Waals surface area contributed by atoms with Crippen molar-refractivity contribution >= 4 is 5.69 Å². The summed E-state index contributed by atoms with van der Waals surface area (Å²) in [5, 5.41) is 0. The summed E-state index contributed by atoms with van der Waals surface area (Å²) in [5.41, 5.74) is 6.18. The van der Waals surface area contributed by atoms with E-state index in [9.17, 15) is 0 Å². The summed E-state index contributed by atoms with van der Waals surface area (Å²) in [4.78, 5) is 4.08. The number of ether oxygens (including phenoxy) is 2. The Balaban J connectivity index is 2.08. The monoisotopic (exact) mass is 220 g/mol. The smallest absolute Gasteiger partial charge is 0.240 e. The van der Waals surface area contributed by atoms with E-state index in [0.29, 0.717) is 23.2 Å². The van der Waals surface area contributed by atoms with E-state index in [-0.39, 0.29) is 6.61 Å². The molecule has 0 unspecified atom stereocenters. The molecule has 2 aromatic heterocycles. The zero-order chi connectivity index (χ0) is 11.4. The number of nitrogen functional groups attached to an aromatic ring is 1. The third kappa shape index (κ3) is 2.25. The quantitative estimate of drug-likeness (QED) is 0.851. The van der Waals surface area contributed by atoms with Gasteiger partial charge in [0.15, 0.2) is 0 Å². The van der Waals surface area contributed by atoms with Crippen LogP contribution in [0.3, 0.4) is 0 Å². The molecule has 0 aliphatic rings. The van der Waals surface area contributed by atoms with Crippen molar-refractivity contribution in [3.05, 3.63) is 36.3 Å². The molecule has 2 aromatic rings. The van der Waals surface area contributed by atoms with Crippen LogP contribution >= 0.6 is 0 Å². The van der Waals surface area contributed by atoms with Crippen molar-refractivity contribution in [2.24, 2.45) is 0 Å². The Bertz CT molecular complexity index is 454. The van der Waals surface area contributed by atoms with Crippen LogP contribution in [0.15, 0.2) is 34.9 Å². The fourth-order valence-electron chi connectivity index (χ4n) is 1.20. The van der Waals surface area contributed by atoms with E-state index in [1.165, 1.54) is 7.11 Å². The van der Waals surface area contributed by atoms with Crippen LogP contribution < -0.4 is 15.2 Å². The summed E-state index contributed by atoms with van der Waals surface area (Å²) in [5.74, 6) is 1.52. The first-order valence-corrected chi connectivity index (χ1v) is 4.75. The van der Waals surface area contributed by atoms with Crippen LogP contribution in [0, 0.1) is 0 Å². The fourth-order valence-corrected chi connectivity index (χ4v) is 1.20. The molecule has 0 aliphatic carbocycles. The summed E-state index contributed by atoms with van der Waals surface area (Å²) >= 11 is 0. The lowest BCUT2D eigenvalue weighted by atomic mass is 10.4. The number of nitrogens with two attached hydrogens (primary N) is 1. The zero-order valence-corrected chi connectivity index (χ0v) is 8.84. The summed E-state index contributed by atoms with van der Waals surface area (Å²) in [6.07, 6.45) is 1.58. The molecule has 0 radical (unpaired) electrons. The summed E-state index contributed by atoms with van der Waals surface area (Å²) in [6, 6.07) is 6.97. The van der Waals surface area contributed by atoms with Crippen molar-refractivity contribution in [3.8, 4) is 11.8 Å². The second-order valence-corrected chi connectivity index (χ2v) is 3.12. The van der Waals surface area contributed by atoms with E-state index in [2.05, 4.69) is 4.98 Å². The van der Waals surface area contributed by atoms with Gasteiger partial charge in [-0.15, -0.1) is 0 Å². The first-order chi connectivity index (χ1) is 7.79. The molecule has 0 atom stereocenters. The van der Waals surface area contributed by atoms with E-state index in [0.717, 1.165) is 0 Å². The number of anilines is 1. The highest BCUT2D eigenvalue weighted by molar-refractivity contribution is 5.49. The predicted molar refractivity (Wildman–Crippen MR) is 58.2 cm³/mol. The highest BCUT2D eigenvalue weighted by Gasteiger charge is 2.05. The Hall–Kier alpha value is -2.17. The maximum atomic E-state index is 5.71. The van der Waals surface area contributed by atoms with E-state index < -0.39 is 0 Å². The molecule has 2 heterocycles. The Kier molecular flexibility index (Phi) is 2.95. The number of aromatic nitrogens is 1. The van der Waals surface area contributed by atoms with Crippen LogP contribution in [0.1, 0.15) is 5.76 Å². The lowest BCUT2D eigenvalue weighted by molar-refractivity contribution is 0.258. The van der Waals surface area contributed by atoms with Gasteiger partial charge in [0, 0.05) is 6.07 Å². The molecule has 2 N–H and O–H groups in total. The molecule has 0 saturated carbocycles. The van der Waals surface area contributed by atoms with Gasteiger partial charge in [-0.1, -0.05) is 0 Å². The number of furan rings is 1. The number of hydrogen-bond acceptors (Lipinski definition) is 5. The Morgan fingerprint density at radius 1 is 1.38 bits per heavy atom. The largest absolute Gasteiger partial charge is 0.481 e. The number of nitrogens with zero attached hydrogens (tertiary/aromatic N) is 1. The number of hydrogen-bond donors (Lipinski definition) is 1. The lowest BCUT2D eigenvalue weighted by Gasteiger charge is -2.07. The average molecular weight is 220 g/mol. The summed E-state index contributed by atoms with van der Waals surface area (Å²) in [7, 11) is 1.54. The maximum Gasteiger partial charge on any atom is 0.240 e. The second kappa shape index (κ2) is 4.57. The zero-order valence-electron chi connectivity index (χ0n) is 8.84. The maximum absolute atomic E-state index is 5.71. The van der Waals surface area contributed by atoms with Crippen molar-refractivity contribution in [3.63, 3.8) is 0 Å². The molecule has 5 nitrogen and oxygen atoms in total. The molecule has 2 rings (SSSR count). The SMILES string of the molecule is COc1ccc(N)c(OCc2ccco2)n1. The number of rotatable bonds is 4. The summed E-state index contributed by atoms with van der Waals surface area (Å²) < 4.78 is 15.5. The molecule has 16 heavy (non-hydrogen) atoms. The van der Waals surface area contributed by atoms with Gasteiger partial charge in [-0.2, -0.15) is 4.98 Å². The third-order valence-electron chi connectivity index (χ3n) is 2.00. The average Bonchev–Trinajstić information content (AvgIpc) is 2.81. The van der Waals surface area contributed by atoms with Gasteiger partial charge in [-0.05, 0) is 18.2 Å². The molecule has 0 amide bonds. The van der Waals surface area contributed by atoms with E-state index in [4.69, 9.17) is 19.6 Å². The predicted octanol–water partition coefficient (Wildman–Crippen LogP) is 1.84. The summed E-state index contributed by atoms with van der Waals surface area (Å²) in [6.45, 7) is 0.289. The van der Waals surface area contributed by atoms with Crippen molar-refractivity contribution in [1.29, 1.82) is 0 Å². The van der Waals surface area contributed by atoms with Gasteiger partial charge in [0.25, 0.3) is 0 Å². The lowest BCUT2D eigenvalue weighted by Crippen LogP contribution is -2.01. The minimum atomic E-state index is 0.289. The van der Waals surface area contributed by atoms with Gasteiger partial charge in [-0.25, -0.2) is 0 Å².